The van der Waals surface area contributed by atoms with Crippen LogP contribution in [0.2, 0.25) is 5.02 Å². The fourth-order valence-electron chi connectivity index (χ4n) is 1.98. The van der Waals surface area contributed by atoms with Crippen LogP contribution in [-0.4, -0.2) is 26.1 Å². The molecule has 0 aliphatic rings. The summed E-state index contributed by atoms with van der Waals surface area (Å²) < 4.78 is 6.31. The third-order valence-corrected chi connectivity index (χ3v) is 3.02. The summed E-state index contributed by atoms with van der Waals surface area (Å²) in [6, 6.07) is 4.22. The molecule has 0 atom stereocenters. The van der Waals surface area contributed by atoms with Gasteiger partial charge in [0.1, 0.15) is 17.7 Å². The van der Waals surface area contributed by atoms with Gasteiger partial charge in [-0.15, -0.1) is 4.73 Å². The third-order valence-electron chi connectivity index (χ3n) is 2.78. The SMILES string of the molecule is CC(C)(C)OC(=O)Cn1c(=O)c(=O)n(O)c2ccc(Cl)cc21. The van der Waals surface area contributed by atoms with E-state index in [1.807, 2.05) is 0 Å². The van der Waals surface area contributed by atoms with Crippen LogP contribution in [0.25, 0.3) is 11.0 Å². The Morgan fingerprint density at radius 3 is 2.45 bits per heavy atom. The number of hydrogen-bond acceptors (Lipinski definition) is 5. The van der Waals surface area contributed by atoms with Gasteiger partial charge in [0, 0.05) is 5.02 Å². The maximum absolute atomic E-state index is 12.0. The summed E-state index contributed by atoms with van der Waals surface area (Å²) in [5.74, 6) is -0.675. The second kappa shape index (κ2) is 5.49. The molecule has 22 heavy (non-hydrogen) atoms. The van der Waals surface area contributed by atoms with Crippen LogP contribution in [0.4, 0.5) is 0 Å². The van der Waals surface area contributed by atoms with E-state index in [9.17, 15) is 19.6 Å². The van der Waals surface area contributed by atoms with Crippen molar-refractivity contribution in [1.82, 2.24) is 9.30 Å². The van der Waals surface area contributed by atoms with Crippen molar-refractivity contribution in [1.29, 1.82) is 0 Å². The van der Waals surface area contributed by atoms with Gasteiger partial charge >= 0.3 is 17.1 Å². The first kappa shape index (κ1) is 16.1. The van der Waals surface area contributed by atoms with Gasteiger partial charge in [-0.1, -0.05) is 11.6 Å². The lowest BCUT2D eigenvalue weighted by molar-refractivity contribution is -0.155. The Bertz CT molecular complexity index is 860. The molecule has 0 saturated heterocycles. The summed E-state index contributed by atoms with van der Waals surface area (Å²) in [5, 5.41) is 10.0. The molecule has 1 aromatic heterocycles. The van der Waals surface area contributed by atoms with Crippen molar-refractivity contribution in [2.75, 3.05) is 0 Å². The molecule has 0 aliphatic carbocycles. The van der Waals surface area contributed by atoms with Gasteiger partial charge in [-0.3, -0.25) is 19.0 Å². The predicted octanol–water partition coefficient (Wildman–Crippen LogP) is 1.40. The second-order valence-corrected chi connectivity index (χ2v) is 6.16. The summed E-state index contributed by atoms with van der Waals surface area (Å²) >= 11 is 5.88. The number of ether oxygens (including phenoxy) is 1. The van der Waals surface area contributed by atoms with Crippen LogP contribution in [0.15, 0.2) is 27.8 Å². The number of carbonyl (C=O) groups is 1. The van der Waals surface area contributed by atoms with E-state index in [0.717, 1.165) is 4.57 Å². The molecule has 2 rings (SSSR count). The Morgan fingerprint density at radius 1 is 1.23 bits per heavy atom. The van der Waals surface area contributed by atoms with Crippen LogP contribution in [0.3, 0.4) is 0 Å². The average Bonchev–Trinajstić information content (AvgIpc) is 2.39. The summed E-state index contributed by atoms with van der Waals surface area (Å²) in [4.78, 5) is 35.7. The summed E-state index contributed by atoms with van der Waals surface area (Å²) in [6.07, 6.45) is 0. The number of nitrogens with zero attached hydrogens (tertiary/aromatic N) is 2. The summed E-state index contributed by atoms with van der Waals surface area (Å²) in [7, 11) is 0. The molecule has 0 saturated carbocycles. The number of aromatic nitrogens is 2. The van der Waals surface area contributed by atoms with Crippen molar-refractivity contribution in [3.63, 3.8) is 0 Å². The smallest absolute Gasteiger partial charge is 0.349 e. The molecule has 1 N–H and O–H groups in total. The van der Waals surface area contributed by atoms with E-state index in [4.69, 9.17) is 16.3 Å². The molecule has 2 aromatic rings. The Hall–Kier alpha value is -2.28. The van der Waals surface area contributed by atoms with Gasteiger partial charge in [0.2, 0.25) is 0 Å². The third kappa shape index (κ3) is 3.14. The van der Waals surface area contributed by atoms with E-state index in [0.29, 0.717) is 5.02 Å². The Morgan fingerprint density at radius 2 is 1.86 bits per heavy atom. The quantitative estimate of drug-likeness (QED) is 0.511. The van der Waals surface area contributed by atoms with Crippen LogP contribution in [-0.2, 0) is 16.1 Å². The van der Waals surface area contributed by atoms with Gasteiger partial charge in [0.25, 0.3) is 0 Å². The zero-order valence-electron chi connectivity index (χ0n) is 12.3. The molecule has 1 heterocycles. The molecule has 0 fully saturated rings. The summed E-state index contributed by atoms with van der Waals surface area (Å²) in [5.41, 5.74) is -2.69. The van der Waals surface area contributed by atoms with E-state index < -0.39 is 29.2 Å². The van der Waals surface area contributed by atoms with Crippen LogP contribution in [0, 0.1) is 0 Å². The minimum atomic E-state index is -1.15. The highest BCUT2D eigenvalue weighted by molar-refractivity contribution is 6.31. The van der Waals surface area contributed by atoms with Crippen molar-refractivity contribution >= 4 is 28.6 Å². The average molecular weight is 327 g/mol. The first-order valence-corrected chi connectivity index (χ1v) is 6.84. The van der Waals surface area contributed by atoms with E-state index in [2.05, 4.69) is 0 Å². The number of carbonyl (C=O) groups excluding carboxylic acids is 1. The Balaban J connectivity index is 2.63. The first-order chi connectivity index (χ1) is 10.1. The Labute approximate surface area is 130 Å². The minimum Gasteiger partial charge on any atom is -0.459 e. The van der Waals surface area contributed by atoms with Gasteiger partial charge in [0.05, 0.1) is 5.52 Å². The lowest BCUT2D eigenvalue weighted by Gasteiger charge is -2.20. The highest BCUT2D eigenvalue weighted by Crippen LogP contribution is 2.17. The Kier molecular flexibility index (Phi) is 4.02. The molecule has 1 aromatic carbocycles. The highest BCUT2D eigenvalue weighted by atomic mass is 35.5. The van der Waals surface area contributed by atoms with Crippen LogP contribution >= 0.6 is 11.6 Å². The molecular weight excluding hydrogens is 312 g/mol. The molecule has 7 nitrogen and oxygen atoms in total. The fraction of sp³-hybridized carbons (Fsp3) is 0.357. The zero-order chi connectivity index (χ0) is 16.7. The topological polar surface area (TPSA) is 90.5 Å². The van der Waals surface area contributed by atoms with E-state index in [1.165, 1.54) is 18.2 Å². The van der Waals surface area contributed by atoms with Crippen LogP contribution < -0.4 is 11.1 Å². The van der Waals surface area contributed by atoms with Crippen molar-refractivity contribution in [3.05, 3.63) is 43.9 Å². The van der Waals surface area contributed by atoms with Crippen molar-refractivity contribution in [3.8, 4) is 0 Å². The van der Waals surface area contributed by atoms with E-state index in [-0.39, 0.29) is 15.8 Å². The van der Waals surface area contributed by atoms with Gasteiger partial charge in [0.15, 0.2) is 0 Å². The number of benzene rings is 1. The summed E-state index contributed by atoms with van der Waals surface area (Å²) in [6.45, 7) is 4.61. The molecule has 118 valence electrons. The molecule has 8 heteroatoms. The standard InChI is InChI=1S/C14H15ClN2O5/c1-14(2,3)22-11(18)7-16-10-6-8(15)4-5-9(10)17(21)13(20)12(16)19/h4-6,21H,7H2,1-3H3. The van der Waals surface area contributed by atoms with Crippen LogP contribution in [0.5, 0.6) is 0 Å². The zero-order valence-corrected chi connectivity index (χ0v) is 13.0. The van der Waals surface area contributed by atoms with Crippen molar-refractivity contribution in [2.24, 2.45) is 0 Å². The van der Waals surface area contributed by atoms with Crippen LogP contribution in [0.1, 0.15) is 20.8 Å². The van der Waals surface area contributed by atoms with Gasteiger partial charge in [-0.05, 0) is 39.0 Å². The molecule has 0 unspecified atom stereocenters. The van der Waals surface area contributed by atoms with Gasteiger partial charge < -0.3 is 9.94 Å². The molecule has 0 amide bonds. The molecule has 0 aliphatic heterocycles. The normalized spacial score (nSPS) is 11.6. The fourth-order valence-corrected chi connectivity index (χ4v) is 2.14. The largest absolute Gasteiger partial charge is 0.459 e. The molecule has 0 radical (unpaired) electrons. The maximum atomic E-state index is 12.0. The maximum Gasteiger partial charge on any atom is 0.349 e. The number of hydrogen-bond donors (Lipinski definition) is 1. The van der Waals surface area contributed by atoms with Crippen molar-refractivity contribution in [2.45, 2.75) is 32.9 Å². The number of fused-ring (bicyclic) bond motifs is 1. The van der Waals surface area contributed by atoms with E-state index >= 15 is 0 Å². The lowest BCUT2D eigenvalue weighted by atomic mass is 10.2. The molecule has 0 spiro atoms. The lowest BCUT2D eigenvalue weighted by Crippen LogP contribution is -2.42. The second-order valence-electron chi connectivity index (χ2n) is 5.73. The van der Waals surface area contributed by atoms with Crippen molar-refractivity contribution < 1.29 is 14.7 Å². The number of halogens is 1. The highest BCUT2D eigenvalue weighted by Gasteiger charge is 2.20. The van der Waals surface area contributed by atoms with E-state index in [1.54, 1.807) is 20.8 Å². The predicted molar refractivity (Wildman–Crippen MR) is 80.5 cm³/mol. The molecular formula is C14H15ClN2O5. The van der Waals surface area contributed by atoms with Gasteiger partial charge in [-0.2, -0.15) is 0 Å². The number of esters is 1. The molecule has 0 bridgehead atoms. The number of rotatable bonds is 2. The van der Waals surface area contributed by atoms with Gasteiger partial charge in [-0.25, -0.2) is 0 Å². The monoisotopic (exact) mass is 326 g/mol. The first-order valence-electron chi connectivity index (χ1n) is 6.46. The minimum absolute atomic E-state index is 0.0672.